The zero-order valence-electron chi connectivity index (χ0n) is 14.1. The van der Waals surface area contributed by atoms with E-state index in [9.17, 15) is 14.9 Å². The molecule has 1 fully saturated rings. The Morgan fingerprint density at radius 2 is 2.00 bits per heavy atom. The number of thiocarbonyl (C=S) groups is 1. The van der Waals surface area contributed by atoms with Gasteiger partial charge in [0.1, 0.15) is 4.32 Å². The lowest BCUT2D eigenvalue weighted by molar-refractivity contribution is -0.387. The lowest BCUT2D eigenvalue weighted by atomic mass is 10.2. The molecule has 0 spiro atoms. The summed E-state index contributed by atoms with van der Waals surface area (Å²) in [4.78, 5) is 29.2. The molecule has 1 amide bonds. The maximum Gasteiger partial charge on any atom is 0.283 e. The van der Waals surface area contributed by atoms with Crippen LogP contribution in [0.5, 0.6) is 0 Å². The number of thioether (sulfide) groups is 1. The largest absolute Gasteiger partial charge is 0.307 e. The molecule has 0 saturated carbocycles. The molecule has 1 N–H and O–H groups in total. The molecule has 2 aromatic carbocycles. The molecule has 4 rings (SSSR count). The van der Waals surface area contributed by atoms with E-state index in [1.165, 1.54) is 17.8 Å². The second-order valence-corrected chi connectivity index (χ2v) is 8.57. The van der Waals surface area contributed by atoms with E-state index in [2.05, 4.69) is 10.3 Å². The van der Waals surface area contributed by atoms with Crippen LogP contribution >= 0.6 is 35.7 Å². The van der Waals surface area contributed by atoms with Crippen LogP contribution in [0.15, 0.2) is 69.4 Å². The van der Waals surface area contributed by atoms with Crippen molar-refractivity contribution in [1.82, 2.24) is 10.3 Å². The third-order valence-corrected chi connectivity index (χ3v) is 6.21. The minimum Gasteiger partial charge on any atom is -0.307 e. The fourth-order valence-corrected chi connectivity index (χ4v) is 4.77. The average molecular weight is 426 g/mol. The van der Waals surface area contributed by atoms with Crippen molar-refractivity contribution < 1.29 is 9.72 Å². The number of para-hydroxylation sites is 1. The number of hydrogen-bond acceptors (Lipinski definition) is 7. The first-order valence-electron chi connectivity index (χ1n) is 8.06. The topological polar surface area (TPSA) is 85.1 Å². The fraction of sp³-hybridized carbons (Fsp3) is 0. The summed E-state index contributed by atoms with van der Waals surface area (Å²) in [5.74, 6) is -0.294. The van der Waals surface area contributed by atoms with Gasteiger partial charge in [0, 0.05) is 22.5 Å². The molecule has 0 aliphatic carbocycles. The second-order valence-electron chi connectivity index (χ2n) is 5.77. The van der Waals surface area contributed by atoms with Crippen LogP contribution in [0.4, 0.5) is 5.69 Å². The highest BCUT2D eigenvalue weighted by Gasteiger charge is 2.23. The van der Waals surface area contributed by atoms with E-state index in [1.807, 2.05) is 30.3 Å². The molecule has 1 aliphatic heterocycles. The lowest BCUT2D eigenvalue weighted by Crippen LogP contribution is -2.17. The molecule has 9 heteroatoms. The van der Waals surface area contributed by atoms with E-state index in [0.717, 1.165) is 27.6 Å². The number of carbonyl (C=O) groups excluding carboxylic acids is 1. The zero-order chi connectivity index (χ0) is 19.7. The van der Waals surface area contributed by atoms with Crippen molar-refractivity contribution >= 4 is 68.6 Å². The maximum atomic E-state index is 11.8. The molecule has 6 nitrogen and oxygen atoms in total. The molecule has 0 unspecified atom stereocenters. The van der Waals surface area contributed by atoms with Crippen molar-refractivity contribution in [2.45, 2.75) is 9.79 Å². The summed E-state index contributed by atoms with van der Waals surface area (Å²) in [6.07, 6.45) is 3.30. The second kappa shape index (κ2) is 7.70. The minimum absolute atomic E-state index is 0.0294. The molecule has 0 bridgehead atoms. The van der Waals surface area contributed by atoms with Gasteiger partial charge in [-0.2, -0.15) is 0 Å². The Hall–Kier alpha value is -2.75. The van der Waals surface area contributed by atoms with E-state index in [1.54, 1.807) is 24.4 Å². The summed E-state index contributed by atoms with van der Waals surface area (Å²) in [5, 5.41) is 15.1. The maximum absolute atomic E-state index is 11.8. The molecule has 0 atom stereocenters. The number of rotatable bonds is 4. The normalized spacial score (nSPS) is 15.2. The quantitative estimate of drug-likeness (QED) is 0.279. The van der Waals surface area contributed by atoms with Gasteiger partial charge in [-0.15, -0.1) is 0 Å². The van der Waals surface area contributed by atoms with E-state index in [0.29, 0.717) is 19.7 Å². The number of benzene rings is 2. The van der Waals surface area contributed by atoms with Gasteiger partial charge in [0.25, 0.3) is 11.6 Å². The highest BCUT2D eigenvalue weighted by Crippen LogP contribution is 2.38. The van der Waals surface area contributed by atoms with E-state index < -0.39 is 4.92 Å². The summed E-state index contributed by atoms with van der Waals surface area (Å²) in [6.45, 7) is 0. The number of nitrogens with zero attached hydrogens (tertiary/aromatic N) is 2. The number of fused-ring (bicyclic) bond motifs is 1. The molecule has 1 aliphatic rings. The highest BCUT2D eigenvalue weighted by molar-refractivity contribution is 8.26. The molecule has 28 heavy (non-hydrogen) atoms. The van der Waals surface area contributed by atoms with Crippen LogP contribution < -0.4 is 5.32 Å². The van der Waals surface area contributed by atoms with Gasteiger partial charge in [-0.25, -0.2) is 0 Å². The van der Waals surface area contributed by atoms with Crippen LogP contribution in [0.3, 0.4) is 0 Å². The van der Waals surface area contributed by atoms with Crippen LogP contribution in [-0.2, 0) is 4.79 Å². The van der Waals surface area contributed by atoms with Crippen LogP contribution in [-0.4, -0.2) is 20.1 Å². The molecule has 0 radical (unpaired) electrons. The first-order chi connectivity index (χ1) is 13.5. The minimum atomic E-state index is -0.421. The number of nitro benzene ring substituents is 1. The summed E-state index contributed by atoms with van der Waals surface area (Å²) < 4.78 is 0.376. The first-order valence-corrected chi connectivity index (χ1v) is 10.1. The molecular weight excluding hydrogens is 414 g/mol. The third kappa shape index (κ3) is 3.77. The van der Waals surface area contributed by atoms with Crippen molar-refractivity contribution in [3.63, 3.8) is 0 Å². The predicted molar refractivity (Wildman–Crippen MR) is 115 cm³/mol. The number of nitrogens with one attached hydrogen (secondary N) is 1. The molecule has 138 valence electrons. The smallest absolute Gasteiger partial charge is 0.283 e. The van der Waals surface area contributed by atoms with Crippen molar-refractivity contribution in [1.29, 1.82) is 0 Å². The summed E-state index contributed by atoms with van der Waals surface area (Å²) in [6, 6.07) is 14.4. The summed E-state index contributed by atoms with van der Waals surface area (Å²) in [5.41, 5.74) is 1.33. The van der Waals surface area contributed by atoms with E-state index in [4.69, 9.17) is 12.2 Å². The van der Waals surface area contributed by atoms with Gasteiger partial charge in [0.2, 0.25) is 0 Å². The standard InChI is InChI=1S/C19H11N3O3S3/c23-18-16(28-19(26)21-18)10-11-6-7-14(13(9-11)22(24)25)27-15-5-1-3-12-4-2-8-20-17(12)15/h1-10H,(H,21,23,26)/b16-10-. The summed E-state index contributed by atoms with van der Waals surface area (Å²) >= 11 is 7.40. The number of hydrogen-bond donors (Lipinski definition) is 1. The van der Waals surface area contributed by atoms with Gasteiger partial charge in [0.05, 0.1) is 20.2 Å². The van der Waals surface area contributed by atoms with Crippen molar-refractivity contribution in [3.8, 4) is 0 Å². The van der Waals surface area contributed by atoms with Crippen LogP contribution in [0, 0.1) is 10.1 Å². The number of pyridine rings is 1. The molecular formula is C19H11N3O3S3. The number of aromatic nitrogens is 1. The van der Waals surface area contributed by atoms with Gasteiger partial charge >= 0.3 is 0 Å². The molecule has 2 heterocycles. The van der Waals surface area contributed by atoms with Crippen LogP contribution in [0.1, 0.15) is 5.56 Å². The van der Waals surface area contributed by atoms with Gasteiger partial charge in [0.15, 0.2) is 0 Å². The Morgan fingerprint density at radius 3 is 2.75 bits per heavy atom. The first kappa shape index (κ1) is 18.6. The van der Waals surface area contributed by atoms with Crippen LogP contribution in [0.25, 0.3) is 17.0 Å². The Labute approximate surface area is 173 Å². The van der Waals surface area contributed by atoms with Crippen molar-refractivity contribution in [2.75, 3.05) is 0 Å². The van der Waals surface area contributed by atoms with Crippen molar-refractivity contribution in [3.05, 3.63) is 75.3 Å². The molecule has 3 aromatic rings. The SMILES string of the molecule is O=C1NC(=S)S/C1=C\c1ccc(Sc2cccc3cccnc23)c([N+](=O)[O-])c1. The van der Waals surface area contributed by atoms with Gasteiger partial charge in [-0.05, 0) is 29.8 Å². The predicted octanol–water partition coefficient (Wildman–Crippen LogP) is 4.78. The Balaban J connectivity index is 1.72. The zero-order valence-corrected chi connectivity index (χ0v) is 16.6. The van der Waals surface area contributed by atoms with E-state index >= 15 is 0 Å². The summed E-state index contributed by atoms with van der Waals surface area (Å²) in [7, 11) is 0. The Bertz CT molecular complexity index is 1170. The lowest BCUT2D eigenvalue weighted by Gasteiger charge is -2.07. The van der Waals surface area contributed by atoms with Gasteiger partial charge in [-0.1, -0.05) is 60.0 Å². The highest BCUT2D eigenvalue weighted by atomic mass is 32.2. The average Bonchev–Trinajstić information content (AvgIpc) is 3.00. The van der Waals surface area contributed by atoms with Gasteiger partial charge in [-0.3, -0.25) is 19.9 Å². The van der Waals surface area contributed by atoms with Crippen molar-refractivity contribution in [2.24, 2.45) is 0 Å². The molecule has 1 saturated heterocycles. The number of amides is 1. The number of nitro groups is 1. The number of carbonyl (C=O) groups is 1. The monoisotopic (exact) mass is 425 g/mol. The fourth-order valence-electron chi connectivity index (χ4n) is 2.70. The Kier molecular flexibility index (Phi) is 5.12. The third-order valence-electron chi connectivity index (χ3n) is 3.94. The Morgan fingerprint density at radius 1 is 1.18 bits per heavy atom. The van der Waals surface area contributed by atoms with Crippen LogP contribution in [0.2, 0.25) is 0 Å². The van der Waals surface area contributed by atoms with E-state index in [-0.39, 0.29) is 11.6 Å². The van der Waals surface area contributed by atoms with Gasteiger partial charge < -0.3 is 5.32 Å². The molecule has 1 aromatic heterocycles.